The van der Waals surface area contributed by atoms with Gasteiger partial charge in [0.05, 0.1) is 66.4 Å². The number of carboxylic acids is 1. The second kappa shape index (κ2) is 27.0. The molecule has 3 aliphatic heterocycles. The van der Waals surface area contributed by atoms with E-state index in [0.717, 1.165) is 50.2 Å². The number of hydrogen-bond donors (Lipinski definition) is 2. The number of benzene rings is 4. The third kappa shape index (κ3) is 16.5. The van der Waals surface area contributed by atoms with Crippen LogP contribution in [0.3, 0.4) is 0 Å². The Morgan fingerprint density at radius 2 is 1.15 bits per heavy atom. The first-order valence-electron chi connectivity index (χ1n) is 27.1. The van der Waals surface area contributed by atoms with Crippen molar-refractivity contribution in [3.05, 3.63) is 185 Å². The molecule has 4 aromatic carbocycles. The maximum absolute atomic E-state index is 13.5. The lowest BCUT2D eigenvalue weighted by molar-refractivity contribution is -0.138. The van der Waals surface area contributed by atoms with Crippen LogP contribution in [0, 0.1) is 0 Å². The number of halogens is 7. The molecule has 0 spiro atoms. The van der Waals surface area contributed by atoms with Crippen LogP contribution in [-0.2, 0) is 57.6 Å². The summed E-state index contributed by atoms with van der Waals surface area (Å²) in [6.07, 6.45) is 5.40. The number of fused-ring (bicyclic) bond motifs is 2. The van der Waals surface area contributed by atoms with Crippen LogP contribution in [0.25, 0.3) is 49.6 Å². The van der Waals surface area contributed by atoms with Gasteiger partial charge in [-0.3, -0.25) is 14.8 Å². The Bertz CT molecular complexity index is 4090. The molecule has 4 aromatic heterocycles. The summed E-state index contributed by atoms with van der Waals surface area (Å²) >= 11 is 3.20. The highest BCUT2D eigenvalue weighted by Gasteiger charge is 2.52. The zero-order chi connectivity index (χ0) is 63.1. The first kappa shape index (κ1) is 65.6. The zero-order valence-electron chi connectivity index (χ0n) is 48.0. The van der Waals surface area contributed by atoms with Gasteiger partial charge < -0.3 is 24.6 Å². The maximum atomic E-state index is 13.5. The molecule has 456 valence electrons. The molecule has 11 rings (SSSR count). The lowest BCUT2D eigenvalue weighted by atomic mass is 9.75. The number of carbonyl (C=O) groups is 1. The zero-order valence-corrected chi connectivity index (χ0v) is 51.2. The molecule has 16 nitrogen and oxygen atoms in total. The van der Waals surface area contributed by atoms with Crippen molar-refractivity contribution in [3.63, 3.8) is 0 Å². The van der Waals surface area contributed by atoms with Crippen LogP contribution < -0.4 is 5.32 Å². The standard InChI is InChI=1S/C26H21F3N4O2S.C21H13BrF3N3O2S.C12H22BNO2.C2H4O2/c27-26(28,29)19-1-3-23(24(14-19)17-5-9-30-10-6-17)25-22-4-2-21(13-18(22)7-12-32-25)36(34,35)15-20-8-11-31-16-33-20;22-19-10-14(21(23,24)25)1-3-18(19)20-17-4-2-16(9-13(17)5-8-27-20)31(29,30)11-15-6-7-26-12-28-15;1-11(2)12(3,4)16-13(15-11)10-6-8-14(5)9-7-10;1-2(3)4/h1-5,7-8,11-14,16,30H,6,9-10,15H2;1-10,12H,11H2;6H,7-9H2,1-5H3;1H3,(H,3,4). The van der Waals surface area contributed by atoms with Crippen molar-refractivity contribution in [1.29, 1.82) is 0 Å². The van der Waals surface area contributed by atoms with Crippen molar-refractivity contribution < 1.29 is 62.4 Å². The van der Waals surface area contributed by atoms with Gasteiger partial charge in [-0.25, -0.2) is 36.8 Å². The number of pyridine rings is 2. The summed E-state index contributed by atoms with van der Waals surface area (Å²) in [6.45, 7) is 12.8. The average molecular weight is 1300 g/mol. The third-order valence-corrected chi connectivity index (χ3v) is 18.7. The third-order valence-electron chi connectivity index (χ3n) is 14.7. The maximum Gasteiger partial charge on any atom is 0.490 e. The molecule has 87 heavy (non-hydrogen) atoms. The Labute approximate surface area is 508 Å². The van der Waals surface area contributed by atoms with Gasteiger partial charge in [0.15, 0.2) is 19.7 Å². The summed E-state index contributed by atoms with van der Waals surface area (Å²) in [4.78, 5) is 35.9. The Balaban J connectivity index is 0.000000174. The summed E-state index contributed by atoms with van der Waals surface area (Å²) < 4.78 is 143. The fraction of sp³-hybridized carbons (Fsp3) is 0.295. The number of hydrogen-bond acceptors (Lipinski definition) is 15. The van der Waals surface area contributed by atoms with Gasteiger partial charge in [0.25, 0.3) is 5.97 Å². The van der Waals surface area contributed by atoms with Crippen LogP contribution in [0.1, 0.15) is 75.5 Å². The Kier molecular flexibility index (Phi) is 20.3. The molecular formula is C61H60BBrF6N8O8S2. The van der Waals surface area contributed by atoms with Gasteiger partial charge in [0.1, 0.15) is 12.7 Å². The van der Waals surface area contributed by atoms with Crippen LogP contribution in [0.15, 0.2) is 166 Å². The lowest BCUT2D eigenvalue weighted by Crippen LogP contribution is -2.41. The van der Waals surface area contributed by atoms with Crippen LogP contribution in [0.5, 0.6) is 0 Å². The van der Waals surface area contributed by atoms with Gasteiger partial charge in [-0.1, -0.05) is 52.3 Å². The van der Waals surface area contributed by atoms with E-state index >= 15 is 0 Å². The van der Waals surface area contributed by atoms with E-state index in [2.05, 4.69) is 96.9 Å². The first-order chi connectivity index (χ1) is 40.9. The highest BCUT2D eigenvalue weighted by molar-refractivity contribution is 9.10. The molecule has 8 aromatic rings. The highest BCUT2D eigenvalue weighted by atomic mass is 79.9. The van der Waals surface area contributed by atoms with Crippen LogP contribution >= 0.6 is 15.9 Å². The molecule has 0 bridgehead atoms. The molecule has 1 saturated heterocycles. The van der Waals surface area contributed by atoms with E-state index < -0.39 is 49.1 Å². The van der Waals surface area contributed by atoms with E-state index in [1.165, 1.54) is 85.4 Å². The molecule has 1 fully saturated rings. The number of carboxylic acid groups (broad SMARTS) is 1. The van der Waals surface area contributed by atoms with Crippen molar-refractivity contribution in [2.75, 3.05) is 33.2 Å². The van der Waals surface area contributed by atoms with Crippen LogP contribution in [0.2, 0.25) is 0 Å². The number of sulfone groups is 2. The first-order valence-corrected chi connectivity index (χ1v) is 31.2. The molecule has 2 N–H and O–H groups in total. The molecule has 3 aliphatic rings. The second-order valence-corrected chi connectivity index (χ2v) is 26.4. The summed E-state index contributed by atoms with van der Waals surface area (Å²) in [6, 6.07) is 22.7. The smallest absolute Gasteiger partial charge is 0.481 e. The minimum Gasteiger partial charge on any atom is -0.481 e. The molecule has 0 radical (unpaired) electrons. The highest BCUT2D eigenvalue weighted by Crippen LogP contribution is 2.42. The van der Waals surface area contributed by atoms with Crippen molar-refractivity contribution in [1.82, 2.24) is 40.1 Å². The van der Waals surface area contributed by atoms with Crippen molar-refractivity contribution in [2.24, 2.45) is 0 Å². The van der Waals surface area contributed by atoms with Gasteiger partial charge in [-0.05, 0) is 154 Å². The summed E-state index contributed by atoms with van der Waals surface area (Å²) in [5, 5.41) is 13.1. The van der Waals surface area contributed by atoms with Gasteiger partial charge in [-0.2, -0.15) is 26.3 Å². The SMILES string of the molecule is CC(=O)O.CN1CC=C(B2OC(C)(C)C(C)(C)O2)CC1.O=S(=O)(Cc1ccncn1)c1ccc2c(-c3ccc(C(F)(F)F)cc3Br)nccc2c1.O=S(=O)(Cc1ccncn1)c1ccc2c(-c3ccc(C(F)(F)F)cc3C3=CCNCC3)nccc2c1. The normalized spacial score (nSPS) is 16.1. The molecular weight excluding hydrogens is 1240 g/mol. The molecule has 26 heteroatoms. The van der Waals surface area contributed by atoms with E-state index in [0.29, 0.717) is 80.5 Å². The predicted molar refractivity (Wildman–Crippen MR) is 323 cm³/mol. The molecule has 7 heterocycles. The molecule has 0 amide bonds. The monoisotopic (exact) mass is 1300 g/mol. The number of nitrogens with zero attached hydrogens (tertiary/aromatic N) is 7. The number of alkyl halides is 6. The Morgan fingerprint density at radius 1 is 0.655 bits per heavy atom. The van der Waals surface area contributed by atoms with Gasteiger partial charge in [0.2, 0.25) is 0 Å². The summed E-state index contributed by atoms with van der Waals surface area (Å²) in [5.41, 5.74) is 3.39. The number of aromatic nitrogens is 6. The predicted octanol–water partition coefficient (Wildman–Crippen LogP) is 12.5. The fourth-order valence-electron chi connectivity index (χ4n) is 9.43. The van der Waals surface area contributed by atoms with Crippen molar-refractivity contribution in [3.8, 4) is 22.5 Å². The minimum absolute atomic E-state index is 0.113. The fourth-order valence-corrected chi connectivity index (χ4v) is 12.6. The van der Waals surface area contributed by atoms with E-state index in [1.54, 1.807) is 36.4 Å². The van der Waals surface area contributed by atoms with E-state index in [4.69, 9.17) is 19.2 Å². The van der Waals surface area contributed by atoms with Crippen molar-refractivity contribution in [2.45, 2.75) is 92.3 Å². The second-order valence-electron chi connectivity index (χ2n) is 21.5. The van der Waals surface area contributed by atoms with Gasteiger partial charge in [0, 0.05) is 77.7 Å². The quantitative estimate of drug-likeness (QED) is 0.0961. The number of nitrogens with one attached hydrogen (secondary N) is 1. The molecule has 0 unspecified atom stereocenters. The van der Waals surface area contributed by atoms with Crippen molar-refractivity contribution >= 4 is 75.8 Å². The van der Waals surface area contributed by atoms with Gasteiger partial charge in [-0.15, -0.1) is 0 Å². The Morgan fingerprint density at radius 3 is 1.59 bits per heavy atom. The van der Waals surface area contributed by atoms with E-state index in [9.17, 15) is 43.2 Å². The van der Waals surface area contributed by atoms with Crippen LogP contribution in [-0.4, -0.2) is 114 Å². The lowest BCUT2D eigenvalue weighted by Gasteiger charge is -2.32. The Hall–Kier alpha value is -7.33. The topological polar surface area (TPSA) is 217 Å². The largest absolute Gasteiger partial charge is 0.490 e. The number of aliphatic carboxylic acids is 1. The number of likely N-dealkylation sites (N-methyl/N-ethyl adjacent to an activating group) is 1. The van der Waals surface area contributed by atoms with E-state index in [1.807, 2.05) is 6.08 Å². The summed E-state index contributed by atoms with van der Waals surface area (Å²) in [5.74, 6) is -1.38. The average Bonchev–Trinajstić information content (AvgIpc) is 1.68. The molecule has 0 saturated carbocycles. The number of rotatable bonds is 10. The molecule has 0 aliphatic carbocycles. The molecule has 0 atom stereocenters. The van der Waals surface area contributed by atoms with E-state index in [-0.39, 0.29) is 44.1 Å². The van der Waals surface area contributed by atoms with Crippen LogP contribution in [0.4, 0.5) is 26.3 Å². The summed E-state index contributed by atoms with van der Waals surface area (Å²) in [7, 11) is -5.34. The minimum atomic E-state index is -4.47. The van der Waals surface area contributed by atoms with Gasteiger partial charge >= 0.3 is 19.5 Å².